The number of nitriles is 1. The average Bonchev–Trinajstić information content (AvgIpc) is 3.04. The molecule has 0 unspecified atom stereocenters. The van der Waals surface area contributed by atoms with Crippen LogP contribution in [0.5, 0.6) is 11.5 Å². The molecule has 9 heteroatoms. The van der Waals surface area contributed by atoms with Crippen molar-refractivity contribution in [1.82, 2.24) is 0 Å². The van der Waals surface area contributed by atoms with Gasteiger partial charge in [0.05, 0.1) is 23.0 Å². The number of ether oxygens (including phenoxy) is 2. The number of amides is 2. The molecule has 0 radical (unpaired) electrons. The third-order valence-electron chi connectivity index (χ3n) is 6.71. The Morgan fingerprint density at radius 3 is 2.23 bits per heavy atom. The molecule has 2 atom stereocenters. The van der Waals surface area contributed by atoms with Crippen molar-refractivity contribution < 1.29 is 24.2 Å². The van der Waals surface area contributed by atoms with Crippen molar-refractivity contribution in [2.24, 2.45) is 0 Å². The van der Waals surface area contributed by atoms with E-state index in [2.05, 4.69) is 10.6 Å². The van der Waals surface area contributed by atoms with E-state index < -0.39 is 24.2 Å². The fourth-order valence-corrected chi connectivity index (χ4v) is 4.58. The summed E-state index contributed by atoms with van der Waals surface area (Å²) in [5.74, 6) is 0.0565. The molecule has 5 aromatic rings. The molecule has 0 aliphatic rings. The third-order valence-corrected chi connectivity index (χ3v) is 6.71. The Kier molecular flexibility index (Phi) is 9.03. The lowest BCUT2D eigenvalue weighted by Crippen LogP contribution is -2.30. The van der Waals surface area contributed by atoms with Crippen molar-refractivity contribution in [3.63, 3.8) is 0 Å². The van der Waals surface area contributed by atoms with E-state index in [0.717, 1.165) is 0 Å². The van der Waals surface area contributed by atoms with E-state index in [0.29, 0.717) is 44.7 Å². The molecule has 0 aliphatic carbocycles. The first-order valence-electron chi connectivity index (χ1n) is 13.6. The second kappa shape index (κ2) is 13.6. The number of hydrogen-bond acceptors (Lipinski definition) is 7. The molecule has 0 spiro atoms. The molecule has 0 aliphatic heterocycles. The number of nitrogens with two attached hydrogens (primary N) is 1. The van der Waals surface area contributed by atoms with Gasteiger partial charge in [-0.25, -0.2) is 4.79 Å². The number of rotatable bonds is 9. The minimum Gasteiger partial charge on any atom is -0.507 e. The first-order valence-corrected chi connectivity index (χ1v) is 13.6. The van der Waals surface area contributed by atoms with Crippen LogP contribution in [0, 0.1) is 11.3 Å². The number of phenols is 1. The van der Waals surface area contributed by atoms with Crippen LogP contribution >= 0.6 is 0 Å². The quantitative estimate of drug-likeness (QED) is 0.108. The van der Waals surface area contributed by atoms with Gasteiger partial charge in [-0.15, -0.1) is 0 Å². The van der Waals surface area contributed by atoms with Gasteiger partial charge in [0.1, 0.15) is 11.5 Å². The number of nitrogens with zero attached hydrogens (tertiary/aromatic N) is 1. The normalized spacial score (nSPS) is 12.2. The van der Waals surface area contributed by atoms with Crippen molar-refractivity contribution in [1.29, 1.82) is 5.26 Å². The van der Waals surface area contributed by atoms with Gasteiger partial charge in [0, 0.05) is 22.7 Å². The molecule has 44 heavy (non-hydrogen) atoms. The molecule has 0 aromatic heterocycles. The summed E-state index contributed by atoms with van der Waals surface area (Å²) < 4.78 is 12.3. The number of nitrogens with one attached hydrogen (secondary N) is 2. The molecule has 5 aromatic carbocycles. The van der Waals surface area contributed by atoms with Crippen molar-refractivity contribution in [3.05, 3.63) is 139 Å². The van der Waals surface area contributed by atoms with E-state index in [1.807, 2.05) is 12.1 Å². The lowest BCUT2D eigenvalue weighted by molar-refractivity contribution is -0.112. The molecule has 5 N–H and O–H groups in total. The Hall–Kier alpha value is -6.27. The van der Waals surface area contributed by atoms with E-state index in [4.69, 9.17) is 20.5 Å². The molecule has 0 bridgehead atoms. The maximum absolute atomic E-state index is 13.3. The summed E-state index contributed by atoms with van der Waals surface area (Å²) in [6, 6.07) is 34.4. The number of anilines is 3. The molecule has 0 heterocycles. The highest BCUT2D eigenvalue weighted by Crippen LogP contribution is 2.36. The van der Waals surface area contributed by atoms with Crippen LogP contribution in [-0.2, 0) is 9.53 Å². The number of hydrogen-bond donors (Lipinski definition) is 4. The first-order chi connectivity index (χ1) is 21.4. The predicted molar refractivity (Wildman–Crippen MR) is 169 cm³/mol. The maximum atomic E-state index is 13.3. The smallest absolute Gasteiger partial charge is 0.412 e. The van der Waals surface area contributed by atoms with Crippen molar-refractivity contribution in [2.45, 2.75) is 12.2 Å². The number of fused-ring (bicyclic) bond motifs is 1. The molecule has 0 fully saturated rings. The minimum absolute atomic E-state index is 0.0565. The molecule has 0 saturated heterocycles. The standard InChI is InChI=1S/C35H28N4O5/c36-22-23-14-16-24(17-15-23)38-35(42)44-34(28-18-19-31(40)27-11-5-4-10-26(27)28)32(43-25-8-2-1-3-9-25)20-21-33(41)39-30-13-7-6-12-29(30)37/h1-21,32,34,40H,37H2,(H,38,42)(H,39,41)/b21-20+/t32-,34-/m1/s1. The Bertz CT molecular complexity index is 1850. The van der Waals surface area contributed by atoms with Gasteiger partial charge in [0.15, 0.2) is 12.2 Å². The average molecular weight is 585 g/mol. The van der Waals surface area contributed by atoms with Gasteiger partial charge in [0.25, 0.3) is 0 Å². The monoisotopic (exact) mass is 584 g/mol. The third kappa shape index (κ3) is 7.13. The van der Waals surface area contributed by atoms with Crippen LogP contribution < -0.4 is 21.1 Å². The number of carbonyl (C=O) groups is 2. The van der Waals surface area contributed by atoms with Crippen molar-refractivity contribution in [3.8, 4) is 17.6 Å². The van der Waals surface area contributed by atoms with E-state index in [1.54, 1.807) is 103 Å². The maximum Gasteiger partial charge on any atom is 0.412 e. The van der Waals surface area contributed by atoms with Gasteiger partial charge in [0.2, 0.25) is 5.91 Å². The number of carbonyl (C=O) groups excluding carboxylic acids is 2. The van der Waals surface area contributed by atoms with Crippen LogP contribution in [0.25, 0.3) is 10.8 Å². The fourth-order valence-electron chi connectivity index (χ4n) is 4.58. The summed E-state index contributed by atoms with van der Waals surface area (Å²) in [5.41, 5.74) is 8.23. The van der Waals surface area contributed by atoms with Gasteiger partial charge in [-0.2, -0.15) is 5.26 Å². The van der Waals surface area contributed by atoms with Crippen LogP contribution in [0.3, 0.4) is 0 Å². The molecule has 9 nitrogen and oxygen atoms in total. The van der Waals surface area contributed by atoms with Gasteiger partial charge in [-0.3, -0.25) is 10.1 Å². The second-order valence-corrected chi connectivity index (χ2v) is 9.69. The number of para-hydroxylation sites is 3. The molecular formula is C35H28N4O5. The van der Waals surface area contributed by atoms with Crippen LogP contribution in [0.2, 0.25) is 0 Å². The van der Waals surface area contributed by atoms with E-state index in [1.165, 1.54) is 18.2 Å². The summed E-state index contributed by atoms with van der Waals surface area (Å²) in [6.07, 6.45) is -0.102. The van der Waals surface area contributed by atoms with Gasteiger partial charge in [-0.1, -0.05) is 60.7 Å². The molecular weight excluding hydrogens is 556 g/mol. The summed E-state index contributed by atoms with van der Waals surface area (Å²) >= 11 is 0. The van der Waals surface area contributed by atoms with Crippen molar-refractivity contribution >= 4 is 39.8 Å². The Labute approximate surface area is 253 Å². The highest BCUT2D eigenvalue weighted by atomic mass is 16.6. The molecule has 5 rings (SSSR count). The Balaban J connectivity index is 1.53. The van der Waals surface area contributed by atoms with E-state index >= 15 is 0 Å². The number of nitrogen functional groups attached to an aromatic ring is 1. The van der Waals surface area contributed by atoms with Crippen LogP contribution in [0.15, 0.2) is 127 Å². The Morgan fingerprint density at radius 1 is 0.818 bits per heavy atom. The lowest BCUT2D eigenvalue weighted by atomic mass is 9.96. The zero-order chi connectivity index (χ0) is 30.9. The zero-order valence-corrected chi connectivity index (χ0v) is 23.4. The Morgan fingerprint density at radius 2 is 1.50 bits per heavy atom. The van der Waals surface area contributed by atoms with Gasteiger partial charge in [-0.05, 0) is 66.1 Å². The molecule has 0 saturated carbocycles. The summed E-state index contributed by atoms with van der Waals surface area (Å²) in [5, 5.41) is 26.3. The second-order valence-electron chi connectivity index (χ2n) is 9.69. The first kappa shape index (κ1) is 29.2. The summed E-state index contributed by atoms with van der Waals surface area (Å²) in [4.78, 5) is 26.3. The predicted octanol–water partition coefficient (Wildman–Crippen LogP) is 6.93. The van der Waals surface area contributed by atoms with Gasteiger partial charge < -0.3 is 25.6 Å². The van der Waals surface area contributed by atoms with Crippen LogP contribution in [0.1, 0.15) is 17.2 Å². The molecule has 2 amide bonds. The van der Waals surface area contributed by atoms with Crippen LogP contribution in [0.4, 0.5) is 21.9 Å². The van der Waals surface area contributed by atoms with E-state index in [9.17, 15) is 14.7 Å². The van der Waals surface area contributed by atoms with Crippen molar-refractivity contribution in [2.75, 3.05) is 16.4 Å². The lowest BCUT2D eigenvalue weighted by Gasteiger charge is -2.27. The van der Waals surface area contributed by atoms with E-state index in [-0.39, 0.29) is 5.75 Å². The topological polar surface area (TPSA) is 147 Å². The number of phenolic OH excluding ortho intramolecular Hbond substituents is 1. The SMILES string of the molecule is N#Cc1ccc(NC(=O)O[C@H](c2ccc(O)c3ccccc23)[C@@H](/C=C/C(=O)Nc2ccccc2N)Oc2ccccc2)cc1. The minimum atomic E-state index is -1.09. The molecule has 218 valence electrons. The number of benzene rings is 5. The zero-order valence-electron chi connectivity index (χ0n) is 23.4. The highest BCUT2D eigenvalue weighted by molar-refractivity contribution is 6.01. The number of aromatic hydroxyl groups is 1. The van der Waals surface area contributed by atoms with Gasteiger partial charge >= 0.3 is 6.09 Å². The highest BCUT2D eigenvalue weighted by Gasteiger charge is 2.30. The largest absolute Gasteiger partial charge is 0.507 e. The summed E-state index contributed by atoms with van der Waals surface area (Å²) in [6.45, 7) is 0. The fraction of sp³-hybridized carbons (Fsp3) is 0.0571. The summed E-state index contributed by atoms with van der Waals surface area (Å²) in [7, 11) is 0. The van der Waals surface area contributed by atoms with Crippen LogP contribution in [-0.4, -0.2) is 23.2 Å².